The number of carbonyl (C=O) groups is 1. The minimum atomic E-state index is -0.583. The van der Waals surface area contributed by atoms with Crippen molar-refractivity contribution in [2.45, 2.75) is 44.6 Å². The van der Waals surface area contributed by atoms with Crippen LogP contribution >= 0.6 is 15.9 Å². The molecule has 1 fully saturated rings. The molecule has 0 aromatic heterocycles. The quantitative estimate of drug-likeness (QED) is 0.595. The molecule has 1 rings (SSSR count). The zero-order chi connectivity index (χ0) is 11.3. The molecule has 1 aliphatic heterocycles. The van der Waals surface area contributed by atoms with E-state index in [1.54, 1.807) is 4.90 Å². The summed E-state index contributed by atoms with van der Waals surface area (Å²) in [4.78, 5) is 13.4. The van der Waals surface area contributed by atoms with Crippen molar-refractivity contribution in [3.63, 3.8) is 0 Å². The molecule has 1 aliphatic rings. The molecule has 3 nitrogen and oxygen atoms in total. The Morgan fingerprint density at radius 3 is 2.67 bits per heavy atom. The minimum Gasteiger partial charge on any atom is -0.386 e. The van der Waals surface area contributed by atoms with Crippen molar-refractivity contribution in [1.82, 2.24) is 4.90 Å². The third kappa shape index (κ3) is 3.76. The third-order valence-corrected chi connectivity index (χ3v) is 3.37. The fourth-order valence-electron chi connectivity index (χ4n) is 1.99. The van der Waals surface area contributed by atoms with Crippen LogP contribution in [0.1, 0.15) is 39.0 Å². The van der Waals surface area contributed by atoms with E-state index in [2.05, 4.69) is 22.9 Å². The lowest BCUT2D eigenvalue weighted by Crippen LogP contribution is -2.63. The van der Waals surface area contributed by atoms with Crippen LogP contribution in [-0.4, -0.2) is 39.9 Å². The predicted molar refractivity (Wildman–Crippen MR) is 64.1 cm³/mol. The van der Waals surface area contributed by atoms with Crippen LogP contribution in [0.15, 0.2) is 0 Å². The molecule has 15 heavy (non-hydrogen) atoms. The molecule has 1 heterocycles. The minimum absolute atomic E-state index is 0.191. The van der Waals surface area contributed by atoms with Crippen molar-refractivity contribution < 1.29 is 9.90 Å². The second-order valence-electron chi connectivity index (χ2n) is 4.37. The predicted octanol–water partition coefficient (Wildman–Crippen LogP) is 1.93. The summed E-state index contributed by atoms with van der Waals surface area (Å²) in [5, 5.41) is 10.9. The molecule has 1 saturated heterocycles. The van der Waals surface area contributed by atoms with Crippen molar-refractivity contribution in [3.05, 3.63) is 0 Å². The maximum Gasteiger partial charge on any atom is 0.222 e. The molecular formula is C11H20BrNO2. The van der Waals surface area contributed by atoms with Crippen LogP contribution in [-0.2, 0) is 4.79 Å². The zero-order valence-corrected chi connectivity index (χ0v) is 10.9. The molecule has 0 radical (unpaired) electrons. The highest BCUT2D eigenvalue weighted by Gasteiger charge is 2.42. The van der Waals surface area contributed by atoms with Crippen LogP contribution in [0, 0.1) is 0 Å². The van der Waals surface area contributed by atoms with Gasteiger partial charge >= 0.3 is 0 Å². The monoisotopic (exact) mass is 277 g/mol. The summed E-state index contributed by atoms with van der Waals surface area (Å²) in [7, 11) is 0. The number of alkyl halides is 1. The van der Waals surface area contributed by atoms with E-state index >= 15 is 0 Å². The molecule has 88 valence electrons. The average Bonchev–Trinajstić information content (AvgIpc) is 2.14. The molecule has 0 aromatic rings. The Kier molecular flexibility index (Phi) is 5.06. The largest absolute Gasteiger partial charge is 0.386 e. The number of hydrogen-bond donors (Lipinski definition) is 1. The van der Waals surface area contributed by atoms with Gasteiger partial charge in [0.2, 0.25) is 5.91 Å². The first kappa shape index (κ1) is 13.0. The number of amides is 1. The standard InChI is InChI=1S/C11H20BrNO2/c1-2-6-11(15)8-13(9-11)10(14)5-3-4-7-12/h15H,2-9H2,1H3. The second kappa shape index (κ2) is 5.85. The van der Waals surface area contributed by atoms with Crippen LogP contribution in [0.5, 0.6) is 0 Å². The van der Waals surface area contributed by atoms with E-state index in [4.69, 9.17) is 0 Å². The van der Waals surface area contributed by atoms with Gasteiger partial charge in [-0.25, -0.2) is 0 Å². The summed E-state index contributed by atoms with van der Waals surface area (Å²) < 4.78 is 0. The van der Waals surface area contributed by atoms with E-state index in [1.807, 2.05) is 0 Å². The Hall–Kier alpha value is -0.0900. The van der Waals surface area contributed by atoms with Gasteiger partial charge in [0, 0.05) is 11.8 Å². The van der Waals surface area contributed by atoms with E-state index in [9.17, 15) is 9.90 Å². The van der Waals surface area contributed by atoms with Gasteiger partial charge < -0.3 is 10.0 Å². The lowest BCUT2D eigenvalue weighted by molar-refractivity contribution is -0.156. The number of β-amino-alcohol motifs (C(OH)–C–C–N with tert-alkyl or cyclic N) is 1. The second-order valence-corrected chi connectivity index (χ2v) is 5.16. The first-order chi connectivity index (χ1) is 7.11. The maximum absolute atomic E-state index is 11.6. The van der Waals surface area contributed by atoms with Gasteiger partial charge in [-0.15, -0.1) is 0 Å². The van der Waals surface area contributed by atoms with E-state index in [1.165, 1.54) is 0 Å². The van der Waals surface area contributed by atoms with Crippen LogP contribution in [0.25, 0.3) is 0 Å². The fraction of sp³-hybridized carbons (Fsp3) is 0.909. The van der Waals surface area contributed by atoms with E-state index in [-0.39, 0.29) is 5.91 Å². The summed E-state index contributed by atoms with van der Waals surface area (Å²) >= 11 is 3.34. The number of rotatable bonds is 6. The van der Waals surface area contributed by atoms with Crippen molar-refractivity contribution >= 4 is 21.8 Å². The molecule has 0 saturated carbocycles. The first-order valence-corrected chi connectivity index (χ1v) is 6.79. The third-order valence-electron chi connectivity index (χ3n) is 2.81. The van der Waals surface area contributed by atoms with Crippen molar-refractivity contribution in [2.75, 3.05) is 18.4 Å². The summed E-state index contributed by atoms with van der Waals surface area (Å²) in [6.45, 7) is 3.13. The van der Waals surface area contributed by atoms with Crippen LogP contribution in [0.3, 0.4) is 0 Å². The molecule has 4 heteroatoms. The summed E-state index contributed by atoms with van der Waals surface area (Å²) in [5.74, 6) is 0.191. The summed E-state index contributed by atoms with van der Waals surface area (Å²) in [6.07, 6.45) is 4.37. The van der Waals surface area contributed by atoms with Gasteiger partial charge in [-0.2, -0.15) is 0 Å². The van der Waals surface area contributed by atoms with Crippen molar-refractivity contribution in [2.24, 2.45) is 0 Å². The topological polar surface area (TPSA) is 40.5 Å². The van der Waals surface area contributed by atoms with Crippen molar-refractivity contribution in [1.29, 1.82) is 0 Å². The highest BCUT2D eigenvalue weighted by atomic mass is 79.9. The molecule has 0 aromatic carbocycles. The Morgan fingerprint density at radius 1 is 1.47 bits per heavy atom. The number of nitrogens with zero attached hydrogens (tertiary/aromatic N) is 1. The van der Waals surface area contributed by atoms with E-state index in [0.717, 1.165) is 31.0 Å². The Morgan fingerprint density at radius 2 is 2.13 bits per heavy atom. The van der Waals surface area contributed by atoms with Crippen LogP contribution in [0.4, 0.5) is 0 Å². The Balaban J connectivity index is 2.17. The summed E-state index contributed by atoms with van der Waals surface area (Å²) in [6, 6.07) is 0. The number of unbranched alkanes of at least 4 members (excludes halogenated alkanes) is 1. The van der Waals surface area contributed by atoms with Crippen LogP contribution < -0.4 is 0 Å². The fourth-order valence-corrected chi connectivity index (χ4v) is 2.39. The maximum atomic E-state index is 11.6. The van der Waals surface area contributed by atoms with Gasteiger partial charge in [0.1, 0.15) is 0 Å². The normalized spacial score (nSPS) is 18.7. The average molecular weight is 278 g/mol. The molecular weight excluding hydrogens is 258 g/mol. The van der Waals surface area contributed by atoms with Crippen LogP contribution in [0.2, 0.25) is 0 Å². The Labute approximate surface area is 100.0 Å². The molecule has 0 spiro atoms. The van der Waals surface area contributed by atoms with Gasteiger partial charge in [-0.05, 0) is 19.3 Å². The van der Waals surface area contributed by atoms with E-state index in [0.29, 0.717) is 19.5 Å². The molecule has 0 bridgehead atoms. The van der Waals surface area contributed by atoms with Crippen molar-refractivity contribution in [3.8, 4) is 0 Å². The molecule has 0 aliphatic carbocycles. The van der Waals surface area contributed by atoms with Gasteiger partial charge in [-0.3, -0.25) is 4.79 Å². The SMILES string of the molecule is CCCC1(O)CN(C(=O)CCCCBr)C1. The lowest BCUT2D eigenvalue weighted by atomic mass is 9.89. The molecule has 0 atom stereocenters. The zero-order valence-electron chi connectivity index (χ0n) is 9.34. The lowest BCUT2D eigenvalue weighted by Gasteiger charge is -2.46. The highest BCUT2D eigenvalue weighted by Crippen LogP contribution is 2.26. The van der Waals surface area contributed by atoms with Gasteiger partial charge in [0.25, 0.3) is 0 Å². The Bertz CT molecular complexity index is 215. The van der Waals surface area contributed by atoms with Gasteiger partial charge in [-0.1, -0.05) is 29.3 Å². The van der Waals surface area contributed by atoms with Gasteiger partial charge in [0.15, 0.2) is 0 Å². The number of aliphatic hydroxyl groups is 1. The number of carbonyl (C=O) groups excluding carboxylic acids is 1. The number of likely N-dealkylation sites (tertiary alicyclic amines) is 1. The number of hydrogen-bond acceptors (Lipinski definition) is 2. The molecule has 1 N–H and O–H groups in total. The summed E-state index contributed by atoms with van der Waals surface area (Å²) in [5.41, 5.74) is -0.583. The molecule has 1 amide bonds. The van der Waals surface area contributed by atoms with Gasteiger partial charge in [0.05, 0.1) is 18.7 Å². The van der Waals surface area contributed by atoms with E-state index < -0.39 is 5.60 Å². The number of halogens is 1. The molecule has 0 unspecified atom stereocenters. The first-order valence-electron chi connectivity index (χ1n) is 5.67. The highest BCUT2D eigenvalue weighted by molar-refractivity contribution is 9.09. The smallest absolute Gasteiger partial charge is 0.222 e.